The van der Waals surface area contributed by atoms with Crippen LogP contribution in [0.1, 0.15) is 34.4 Å². The third-order valence-electron chi connectivity index (χ3n) is 5.24. The van der Waals surface area contributed by atoms with Crippen molar-refractivity contribution < 1.29 is 9.18 Å². The molecule has 1 fully saturated rings. The van der Waals surface area contributed by atoms with Crippen LogP contribution < -0.4 is 4.90 Å². The average Bonchev–Trinajstić information content (AvgIpc) is 3.13. The zero-order valence-electron chi connectivity index (χ0n) is 16.3. The highest BCUT2D eigenvalue weighted by molar-refractivity contribution is 5.94. The summed E-state index contributed by atoms with van der Waals surface area (Å²) in [4.78, 5) is 21.2. The minimum absolute atomic E-state index is 0.136. The smallest absolute Gasteiger partial charge is 0.257 e. The third-order valence-corrected chi connectivity index (χ3v) is 5.24. The van der Waals surface area contributed by atoms with E-state index in [0.29, 0.717) is 43.1 Å². The Morgan fingerprint density at radius 3 is 2.54 bits per heavy atom. The Hall–Kier alpha value is -3.03. The van der Waals surface area contributed by atoms with Crippen molar-refractivity contribution in [3.8, 4) is 0 Å². The van der Waals surface area contributed by atoms with Gasteiger partial charge in [0.1, 0.15) is 17.5 Å². The number of carbonyl (C=O) groups excluding carboxylic acids is 1. The van der Waals surface area contributed by atoms with Crippen molar-refractivity contribution in [1.82, 2.24) is 24.5 Å². The number of hydrogen-bond acceptors (Lipinski definition) is 5. The molecule has 1 amide bonds. The molecule has 0 N–H and O–H groups in total. The number of hydrogen-bond donors (Lipinski definition) is 0. The van der Waals surface area contributed by atoms with Gasteiger partial charge in [-0.05, 0) is 31.5 Å². The van der Waals surface area contributed by atoms with E-state index in [-0.39, 0.29) is 11.7 Å². The number of amides is 1. The van der Waals surface area contributed by atoms with Crippen LogP contribution in [0.2, 0.25) is 0 Å². The molecule has 0 atom stereocenters. The molecule has 28 heavy (non-hydrogen) atoms. The predicted molar refractivity (Wildman–Crippen MR) is 104 cm³/mol. The summed E-state index contributed by atoms with van der Waals surface area (Å²) in [6.07, 6.45) is 0.795. The summed E-state index contributed by atoms with van der Waals surface area (Å²) < 4.78 is 15.8. The van der Waals surface area contributed by atoms with Crippen molar-refractivity contribution in [3.05, 3.63) is 52.7 Å². The number of fused-ring (bicyclic) bond motifs is 1. The average molecular weight is 382 g/mol. The van der Waals surface area contributed by atoms with Crippen molar-refractivity contribution in [3.63, 3.8) is 0 Å². The summed E-state index contributed by atoms with van der Waals surface area (Å²) >= 11 is 0. The van der Waals surface area contributed by atoms with Gasteiger partial charge in [0.15, 0.2) is 0 Å². The number of aromatic nitrogens is 4. The number of halogens is 1. The van der Waals surface area contributed by atoms with E-state index in [4.69, 9.17) is 0 Å². The van der Waals surface area contributed by atoms with Crippen LogP contribution in [0.15, 0.2) is 24.3 Å². The Labute approximate surface area is 162 Å². The van der Waals surface area contributed by atoms with E-state index in [1.54, 1.807) is 24.0 Å². The van der Waals surface area contributed by atoms with Gasteiger partial charge in [0.2, 0.25) is 0 Å². The van der Waals surface area contributed by atoms with Crippen LogP contribution in [0, 0.1) is 19.7 Å². The highest BCUT2D eigenvalue weighted by Crippen LogP contribution is 2.19. The molecule has 0 aliphatic carbocycles. The predicted octanol–water partition coefficient (Wildman–Crippen LogP) is 2.41. The largest absolute Gasteiger partial charge is 0.353 e. The molecule has 0 spiro atoms. The zero-order valence-corrected chi connectivity index (χ0v) is 16.3. The fourth-order valence-electron chi connectivity index (χ4n) is 3.57. The second-order valence-corrected chi connectivity index (χ2v) is 7.10. The SMILES string of the molecule is CCc1nnc2nc(N3CCN(C(=O)c4ccc(C)c(F)c4)CC3)cc(C)n12. The van der Waals surface area contributed by atoms with Crippen molar-refractivity contribution >= 4 is 17.5 Å². The Kier molecular flexibility index (Phi) is 4.70. The van der Waals surface area contributed by atoms with E-state index in [2.05, 4.69) is 20.1 Å². The molecule has 146 valence electrons. The zero-order chi connectivity index (χ0) is 19.8. The van der Waals surface area contributed by atoms with E-state index in [1.165, 1.54) is 6.07 Å². The second-order valence-electron chi connectivity index (χ2n) is 7.10. The highest BCUT2D eigenvalue weighted by Gasteiger charge is 2.24. The summed E-state index contributed by atoms with van der Waals surface area (Å²) in [5.41, 5.74) is 1.97. The molecule has 2 aromatic heterocycles. The van der Waals surface area contributed by atoms with Crippen LogP contribution in [0.4, 0.5) is 10.2 Å². The lowest BCUT2D eigenvalue weighted by molar-refractivity contribution is 0.0746. The second kappa shape index (κ2) is 7.18. The van der Waals surface area contributed by atoms with Crippen molar-refractivity contribution in [2.24, 2.45) is 0 Å². The molecule has 3 aromatic rings. The van der Waals surface area contributed by atoms with Gasteiger partial charge >= 0.3 is 0 Å². The Balaban J connectivity index is 1.49. The van der Waals surface area contributed by atoms with E-state index >= 15 is 0 Å². The topological polar surface area (TPSA) is 66.6 Å². The first kappa shape index (κ1) is 18.3. The molecular formula is C20H23FN6O. The summed E-state index contributed by atoms with van der Waals surface area (Å²) in [7, 11) is 0. The fraction of sp³-hybridized carbons (Fsp3) is 0.400. The molecule has 0 radical (unpaired) electrons. The Morgan fingerprint density at radius 1 is 1.11 bits per heavy atom. The Bertz CT molecular complexity index is 1040. The molecule has 4 rings (SSSR count). The van der Waals surface area contributed by atoms with Gasteiger partial charge in [-0.1, -0.05) is 13.0 Å². The molecule has 1 saturated heterocycles. The number of rotatable bonds is 3. The quantitative estimate of drug-likeness (QED) is 0.696. The number of benzene rings is 1. The minimum Gasteiger partial charge on any atom is -0.353 e. The maximum absolute atomic E-state index is 13.8. The first-order valence-corrected chi connectivity index (χ1v) is 9.50. The van der Waals surface area contributed by atoms with Gasteiger partial charge < -0.3 is 9.80 Å². The van der Waals surface area contributed by atoms with Gasteiger partial charge in [0.25, 0.3) is 11.7 Å². The third kappa shape index (κ3) is 3.19. The molecule has 0 unspecified atom stereocenters. The van der Waals surface area contributed by atoms with Crippen molar-refractivity contribution in [2.75, 3.05) is 31.1 Å². The number of anilines is 1. The van der Waals surface area contributed by atoms with E-state index in [9.17, 15) is 9.18 Å². The van der Waals surface area contributed by atoms with Gasteiger partial charge in [-0.15, -0.1) is 10.2 Å². The van der Waals surface area contributed by atoms with Crippen LogP contribution in [0.5, 0.6) is 0 Å². The molecule has 1 aliphatic heterocycles. The van der Waals surface area contributed by atoms with Crippen LogP contribution >= 0.6 is 0 Å². The summed E-state index contributed by atoms with van der Waals surface area (Å²) in [6, 6.07) is 6.67. The lowest BCUT2D eigenvalue weighted by Gasteiger charge is -2.35. The van der Waals surface area contributed by atoms with E-state index < -0.39 is 0 Å². The monoisotopic (exact) mass is 382 g/mol. The molecule has 3 heterocycles. The highest BCUT2D eigenvalue weighted by atomic mass is 19.1. The number of aryl methyl sites for hydroxylation is 3. The summed E-state index contributed by atoms with van der Waals surface area (Å²) in [5, 5.41) is 8.37. The lowest BCUT2D eigenvalue weighted by Crippen LogP contribution is -2.49. The van der Waals surface area contributed by atoms with Crippen LogP contribution in [-0.4, -0.2) is 56.6 Å². The summed E-state index contributed by atoms with van der Waals surface area (Å²) in [5.74, 6) is 1.85. The Morgan fingerprint density at radius 2 is 1.86 bits per heavy atom. The molecule has 0 saturated carbocycles. The van der Waals surface area contributed by atoms with Crippen LogP contribution in [-0.2, 0) is 6.42 Å². The van der Waals surface area contributed by atoms with Crippen molar-refractivity contribution in [1.29, 1.82) is 0 Å². The van der Waals surface area contributed by atoms with Gasteiger partial charge in [-0.2, -0.15) is 4.98 Å². The van der Waals surface area contributed by atoms with Crippen LogP contribution in [0.25, 0.3) is 5.78 Å². The molecular weight excluding hydrogens is 359 g/mol. The van der Waals surface area contributed by atoms with Crippen molar-refractivity contribution in [2.45, 2.75) is 27.2 Å². The number of piperazine rings is 1. The molecule has 0 bridgehead atoms. The van der Waals surface area contributed by atoms with Gasteiger partial charge in [-0.25, -0.2) is 4.39 Å². The van der Waals surface area contributed by atoms with Gasteiger partial charge in [0.05, 0.1) is 0 Å². The minimum atomic E-state index is -0.350. The van der Waals surface area contributed by atoms with Gasteiger partial charge in [-0.3, -0.25) is 9.20 Å². The molecule has 1 aliphatic rings. The first-order chi connectivity index (χ1) is 13.5. The number of nitrogens with zero attached hydrogens (tertiary/aromatic N) is 6. The fourth-order valence-corrected chi connectivity index (χ4v) is 3.57. The van der Waals surface area contributed by atoms with E-state index in [1.807, 2.05) is 24.3 Å². The molecule has 7 nitrogen and oxygen atoms in total. The lowest BCUT2D eigenvalue weighted by atomic mass is 10.1. The van der Waals surface area contributed by atoms with Gasteiger partial charge in [0, 0.05) is 49.9 Å². The molecule has 1 aromatic carbocycles. The summed E-state index contributed by atoms with van der Waals surface area (Å²) in [6.45, 7) is 8.20. The number of carbonyl (C=O) groups is 1. The van der Waals surface area contributed by atoms with Crippen LogP contribution in [0.3, 0.4) is 0 Å². The maximum atomic E-state index is 13.8. The van der Waals surface area contributed by atoms with E-state index in [0.717, 1.165) is 23.8 Å². The standard InChI is InChI=1S/C20H23FN6O/c1-4-17-23-24-20-22-18(11-14(3)27(17)20)25-7-9-26(10-8-25)19(28)15-6-5-13(2)16(21)12-15/h5-6,11-12H,4,7-10H2,1-3H3. The first-order valence-electron chi connectivity index (χ1n) is 9.50. The maximum Gasteiger partial charge on any atom is 0.257 e. The molecule has 8 heteroatoms. The normalized spacial score (nSPS) is 14.7.